The van der Waals surface area contributed by atoms with Gasteiger partial charge in [-0.1, -0.05) is 11.8 Å². The van der Waals surface area contributed by atoms with E-state index in [0.29, 0.717) is 17.5 Å². The summed E-state index contributed by atoms with van der Waals surface area (Å²) in [6.07, 6.45) is 0. The highest BCUT2D eigenvalue weighted by Crippen LogP contribution is 2.39. The quantitative estimate of drug-likeness (QED) is 0.557. The first-order valence-electron chi connectivity index (χ1n) is 9.49. The Labute approximate surface area is 172 Å². The van der Waals surface area contributed by atoms with E-state index >= 15 is 0 Å². The molecule has 1 unspecified atom stereocenters. The molecule has 2 aliphatic heterocycles. The molecule has 0 fully saturated rings. The van der Waals surface area contributed by atoms with E-state index < -0.39 is 29.0 Å². The zero-order valence-electron chi connectivity index (χ0n) is 17.2. The number of hydrogen-bond donors (Lipinski definition) is 1. The number of esters is 2. The maximum Gasteiger partial charge on any atom is 0.340 e. The predicted octanol–water partition coefficient (Wildman–Crippen LogP) is 1.55. The van der Waals surface area contributed by atoms with Crippen LogP contribution < -0.4 is 15.6 Å². The van der Waals surface area contributed by atoms with Gasteiger partial charge in [0.1, 0.15) is 11.5 Å². The van der Waals surface area contributed by atoms with Crippen molar-refractivity contribution < 1.29 is 23.8 Å². The van der Waals surface area contributed by atoms with Crippen molar-refractivity contribution in [3.63, 3.8) is 0 Å². The average Bonchev–Trinajstić information content (AvgIpc) is 3.08. The minimum absolute atomic E-state index is 0.00258. The van der Waals surface area contributed by atoms with Gasteiger partial charge in [-0.25, -0.2) is 4.79 Å². The molecule has 1 aromatic heterocycles. The third-order valence-corrected chi connectivity index (χ3v) is 5.16. The van der Waals surface area contributed by atoms with Crippen LogP contribution in [0.25, 0.3) is 0 Å². The molecule has 1 aromatic rings. The second kappa shape index (κ2) is 8.10. The van der Waals surface area contributed by atoms with Gasteiger partial charge < -0.3 is 19.5 Å². The van der Waals surface area contributed by atoms with Crippen LogP contribution >= 0.6 is 11.8 Å². The van der Waals surface area contributed by atoms with Crippen molar-refractivity contribution in [2.24, 2.45) is 0 Å². The molecule has 10 heteroatoms. The normalized spacial score (nSPS) is 17.9. The number of fused-ring (bicyclic) bond motifs is 2. The summed E-state index contributed by atoms with van der Waals surface area (Å²) >= 11 is 1.43. The van der Waals surface area contributed by atoms with Crippen molar-refractivity contribution in [2.45, 2.75) is 57.8 Å². The van der Waals surface area contributed by atoms with Gasteiger partial charge >= 0.3 is 11.9 Å². The smallest absolute Gasteiger partial charge is 0.340 e. The zero-order chi connectivity index (χ0) is 21.3. The molecule has 1 atom stereocenters. The molecule has 0 spiro atoms. The molecule has 0 saturated carbocycles. The van der Waals surface area contributed by atoms with E-state index in [2.05, 4.69) is 10.3 Å². The summed E-state index contributed by atoms with van der Waals surface area (Å²) in [4.78, 5) is 43.3. The zero-order valence-corrected chi connectivity index (χ0v) is 18.0. The van der Waals surface area contributed by atoms with Crippen LogP contribution in [0.2, 0.25) is 0 Å². The summed E-state index contributed by atoms with van der Waals surface area (Å²) < 4.78 is 17.7. The van der Waals surface area contributed by atoms with Crippen molar-refractivity contribution in [2.75, 3.05) is 19.0 Å². The molecule has 9 nitrogen and oxygen atoms in total. The van der Waals surface area contributed by atoms with Crippen LogP contribution in [-0.4, -0.2) is 46.0 Å². The number of carbonyl (C=O) groups is 2. The second-order valence-corrected chi connectivity index (χ2v) is 8.61. The van der Waals surface area contributed by atoms with Gasteiger partial charge in [-0.05, 0) is 34.6 Å². The monoisotopic (exact) mass is 423 g/mol. The number of nitrogens with zero attached hydrogens (tertiary/aromatic N) is 2. The van der Waals surface area contributed by atoms with Crippen LogP contribution in [0.4, 0.5) is 0 Å². The lowest BCUT2D eigenvalue weighted by molar-refractivity contribution is -0.148. The van der Waals surface area contributed by atoms with Crippen LogP contribution in [0, 0.1) is 0 Å². The third-order valence-electron chi connectivity index (χ3n) is 4.21. The lowest BCUT2D eigenvalue weighted by Crippen LogP contribution is -2.44. The summed E-state index contributed by atoms with van der Waals surface area (Å²) in [6, 6.07) is 0. The molecule has 29 heavy (non-hydrogen) atoms. The highest BCUT2D eigenvalue weighted by Gasteiger charge is 2.45. The van der Waals surface area contributed by atoms with Gasteiger partial charge in [0, 0.05) is 17.8 Å². The van der Waals surface area contributed by atoms with Crippen molar-refractivity contribution in [1.29, 1.82) is 0 Å². The highest BCUT2D eigenvalue weighted by atomic mass is 32.2. The maximum absolute atomic E-state index is 13.2. The molecule has 0 aliphatic carbocycles. The van der Waals surface area contributed by atoms with Gasteiger partial charge in [0.25, 0.3) is 5.56 Å². The van der Waals surface area contributed by atoms with E-state index in [0.717, 1.165) is 0 Å². The van der Waals surface area contributed by atoms with E-state index in [1.807, 2.05) is 20.8 Å². The van der Waals surface area contributed by atoms with Crippen molar-refractivity contribution in [3.05, 3.63) is 27.4 Å². The first kappa shape index (κ1) is 21.2. The lowest BCUT2D eigenvalue weighted by atomic mass is 9.90. The molecule has 3 rings (SSSR count). The van der Waals surface area contributed by atoms with Crippen LogP contribution in [0.1, 0.15) is 46.1 Å². The first-order valence-corrected chi connectivity index (χ1v) is 10.5. The second-order valence-electron chi connectivity index (χ2n) is 7.54. The predicted molar refractivity (Wildman–Crippen MR) is 106 cm³/mol. The Balaban J connectivity index is 2.25. The Morgan fingerprint density at radius 1 is 1.28 bits per heavy atom. The van der Waals surface area contributed by atoms with E-state index in [4.69, 9.17) is 14.2 Å². The van der Waals surface area contributed by atoms with Crippen molar-refractivity contribution >= 4 is 23.7 Å². The van der Waals surface area contributed by atoms with Crippen LogP contribution in [0.15, 0.2) is 21.4 Å². The summed E-state index contributed by atoms with van der Waals surface area (Å²) in [5, 5.41) is 3.62. The average molecular weight is 423 g/mol. The topological polar surface area (TPSA) is 109 Å². The standard InChI is InChI=1S/C19H25N3O6S/c1-6-26-16(24)10-11-13(20-18-22(15(11)23)8-9-29-18)28-14(21-19(3,4)5)12(10)17(25)27-7-2/h10,21H,6-9H2,1-5H3. The molecular formula is C19H25N3O6S. The molecule has 3 heterocycles. The summed E-state index contributed by atoms with van der Waals surface area (Å²) in [6.45, 7) is 9.62. The minimum atomic E-state index is -1.29. The first-order chi connectivity index (χ1) is 13.7. The van der Waals surface area contributed by atoms with E-state index in [9.17, 15) is 14.4 Å². The minimum Gasteiger partial charge on any atom is -0.465 e. The van der Waals surface area contributed by atoms with Crippen molar-refractivity contribution in [1.82, 2.24) is 14.9 Å². The molecule has 0 saturated heterocycles. The van der Waals surface area contributed by atoms with Crippen molar-refractivity contribution in [3.8, 4) is 5.88 Å². The van der Waals surface area contributed by atoms with E-state index in [-0.39, 0.29) is 36.1 Å². The fourth-order valence-electron chi connectivity index (χ4n) is 3.13. The van der Waals surface area contributed by atoms with Crippen LogP contribution in [-0.2, 0) is 25.6 Å². The molecule has 1 N–H and O–H groups in total. The Morgan fingerprint density at radius 3 is 2.59 bits per heavy atom. The number of thioether (sulfide) groups is 1. The SMILES string of the molecule is CCOC(=O)C1=C(NC(C)(C)C)Oc2nc3n(c(=O)c2C1C(=O)OCC)CCS3. The number of ether oxygens (including phenoxy) is 3. The molecule has 0 radical (unpaired) electrons. The summed E-state index contributed by atoms with van der Waals surface area (Å²) in [5.74, 6) is -2.01. The lowest BCUT2D eigenvalue weighted by Gasteiger charge is -2.31. The van der Waals surface area contributed by atoms with Gasteiger partial charge in [-0.15, -0.1) is 0 Å². The van der Waals surface area contributed by atoms with Crippen LogP contribution in [0.3, 0.4) is 0 Å². The fraction of sp³-hybridized carbons (Fsp3) is 0.579. The highest BCUT2D eigenvalue weighted by molar-refractivity contribution is 7.99. The molecular weight excluding hydrogens is 398 g/mol. The third kappa shape index (κ3) is 4.12. The molecule has 158 valence electrons. The Morgan fingerprint density at radius 2 is 1.97 bits per heavy atom. The number of hydrogen-bond acceptors (Lipinski definition) is 9. The van der Waals surface area contributed by atoms with Gasteiger partial charge in [-0.3, -0.25) is 14.2 Å². The molecule has 0 amide bonds. The van der Waals surface area contributed by atoms with E-state index in [1.54, 1.807) is 13.8 Å². The number of carbonyl (C=O) groups excluding carboxylic acids is 2. The Bertz CT molecular complexity index is 931. The molecule has 2 aliphatic rings. The van der Waals surface area contributed by atoms with Gasteiger partial charge in [0.05, 0.1) is 18.8 Å². The van der Waals surface area contributed by atoms with E-state index in [1.165, 1.54) is 16.3 Å². The fourth-order valence-corrected chi connectivity index (χ4v) is 4.07. The number of aromatic nitrogens is 2. The summed E-state index contributed by atoms with van der Waals surface area (Å²) in [5.41, 5.74) is -0.996. The molecule has 0 aromatic carbocycles. The summed E-state index contributed by atoms with van der Waals surface area (Å²) in [7, 11) is 0. The van der Waals surface area contributed by atoms with Crippen LogP contribution in [0.5, 0.6) is 5.88 Å². The maximum atomic E-state index is 13.2. The molecule has 0 bridgehead atoms. The van der Waals surface area contributed by atoms with Gasteiger partial charge in [-0.2, -0.15) is 4.98 Å². The number of nitrogens with one attached hydrogen (secondary N) is 1. The van der Waals surface area contributed by atoms with Gasteiger partial charge in [0.2, 0.25) is 11.8 Å². The Kier molecular flexibility index (Phi) is 5.92. The number of rotatable bonds is 5. The Hall–Kier alpha value is -2.49. The largest absolute Gasteiger partial charge is 0.465 e. The van der Waals surface area contributed by atoms with Gasteiger partial charge in [0.15, 0.2) is 5.16 Å².